The largest absolute Gasteiger partial charge is 0.361 e. The van der Waals surface area contributed by atoms with Gasteiger partial charge < -0.3 is 4.98 Å². The summed E-state index contributed by atoms with van der Waals surface area (Å²) in [4.78, 5) is 3.24. The monoisotopic (exact) mass is 211 g/mol. The summed E-state index contributed by atoms with van der Waals surface area (Å²) in [6, 6.07) is 8.33. The molecule has 0 atom stereocenters. The van der Waals surface area contributed by atoms with Crippen LogP contribution in [0.25, 0.3) is 10.9 Å². The lowest BCUT2D eigenvalue weighted by molar-refractivity contribution is 1.18. The van der Waals surface area contributed by atoms with Gasteiger partial charge in [0, 0.05) is 22.9 Å². The number of aromatic amines is 1. The van der Waals surface area contributed by atoms with Crippen molar-refractivity contribution >= 4 is 32.6 Å². The van der Waals surface area contributed by atoms with E-state index in [1.54, 1.807) is 0 Å². The van der Waals surface area contributed by atoms with E-state index >= 15 is 0 Å². The fourth-order valence-corrected chi connectivity index (χ4v) is 2.02. The fraction of sp³-hybridized carbons (Fsp3) is 0.200. The Morgan fingerprint density at radius 3 is 3.00 bits per heavy atom. The third kappa shape index (κ3) is 1.84. The molecule has 0 aliphatic heterocycles. The van der Waals surface area contributed by atoms with Crippen molar-refractivity contribution in [1.82, 2.24) is 4.98 Å². The van der Waals surface area contributed by atoms with Crippen LogP contribution in [0.2, 0.25) is 0 Å². The summed E-state index contributed by atoms with van der Waals surface area (Å²) >= 11 is 0. The standard InChI is InChI=1S/C10H10ClNS/c11-13-6-5-8-7-12-10-4-2-1-3-9(8)10/h1-4,7,12H,5-6H2. The van der Waals surface area contributed by atoms with Gasteiger partial charge >= 0.3 is 0 Å². The lowest BCUT2D eigenvalue weighted by atomic mass is 10.1. The number of hydrogen-bond acceptors (Lipinski definition) is 1. The molecule has 0 unspecified atom stereocenters. The molecule has 1 aromatic carbocycles. The normalized spacial score (nSPS) is 10.8. The quantitative estimate of drug-likeness (QED) is 0.821. The number of halogens is 1. The molecule has 0 radical (unpaired) electrons. The first-order valence-electron chi connectivity index (χ1n) is 4.20. The number of nitrogens with one attached hydrogen (secondary N) is 1. The zero-order valence-corrected chi connectivity index (χ0v) is 8.66. The molecular formula is C10H10ClNS. The van der Waals surface area contributed by atoms with E-state index in [1.807, 2.05) is 6.07 Å². The van der Waals surface area contributed by atoms with Gasteiger partial charge in [0.2, 0.25) is 0 Å². The fourth-order valence-electron chi connectivity index (χ4n) is 1.49. The van der Waals surface area contributed by atoms with Crippen LogP contribution < -0.4 is 0 Å². The molecule has 68 valence electrons. The van der Waals surface area contributed by atoms with Crippen LogP contribution >= 0.6 is 21.7 Å². The van der Waals surface area contributed by atoms with Crippen LogP contribution in [0.1, 0.15) is 5.56 Å². The van der Waals surface area contributed by atoms with Crippen molar-refractivity contribution in [3.8, 4) is 0 Å². The maximum Gasteiger partial charge on any atom is 0.0456 e. The average molecular weight is 212 g/mol. The SMILES string of the molecule is ClSCCc1c[nH]c2ccccc12. The van der Waals surface area contributed by atoms with E-state index in [0.717, 1.165) is 12.2 Å². The molecule has 3 heteroatoms. The Kier molecular flexibility index (Phi) is 2.81. The summed E-state index contributed by atoms with van der Waals surface area (Å²) in [5.41, 5.74) is 2.56. The second-order valence-electron chi connectivity index (χ2n) is 2.92. The molecular weight excluding hydrogens is 202 g/mol. The van der Waals surface area contributed by atoms with E-state index in [-0.39, 0.29) is 0 Å². The van der Waals surface area contributed by atoms with Gasteiger partial charge in [0.15, 0.2) is 0 Å². The number of H-pyrrole nitrogens is 1. The van der Waals surface area contributed by atoms with Crippen molar-refractivity contribution in [2.24, 2.45) is 0 Å². The summed E-state index contributed by atoms with van der Waals surface area (Å²) in [7, 11) is 6.94. The lowest BCUT2D eigenvalue weighted by Crippen LogP contribution is -1.83. The number of hydrogen-bond donors (Lipinski definition) is 1. The van der Waals surface area contributed by atoms with Crippen molar-refractivity contribution in [2.45, 2.75) is 6.42 Å². The van der Waals surface area contributed by atoms with Gasteiger partial charge in [-0.25, -0.2) is 0 Å². The van der Waals surface area contributed by atoms with E-state index in [9.17, 15) is 0 Å². The van der Waals surface area contributed by atoms with Crippen molar-refractivity contribution in [2.75, 3.05) is 5.75 Å². The summed E-state index contributed by atoms with van der Waals surface area (Å²) in [6.45, 7) is 0. The molecule has 0 saturated heterocycles. The number of benzene rings is 1. The van der Waals surface area contributed by atoms with Crippen LogP contribution in [0.5, 0.6) is 0 Å². The number of aromatic nitrogens is 1. The molecule has 1 aromatic heterocycles. The first kappa shape index (κ1) is 8.97. The third-order valence-corrected chi connectivity index (χ3v) is 2.94. The molecule has 0 aliphatic rings. The first-order valence-corrected chi connectivity index (χ1v) is 6.01. The Bertz CT molecular complexity index is 396. The molecule has 2 aromatic rings. The second-order valence-corrected chi connectivity index (χ2v) is 4.20. The lowest BCUT2D eigenvalue weighted by Gasteiger charge is -1.94. The highest BCUT2D eigenvalue weighted by molar-refractivity contribution is 8.21. The molecule has 0 aliphatic carbocycles. The van der Waals surface area contributed by atoms with Gasteiger partial charge in [-0.2, -0.15) is 0 Å². The van der Waals surface area contributed by atoms with Gasteiger partial charge in [-0.15, -0.1) is 0 Å². The molecule has 1 heterocycles. The molecule has 1 N–H and O–H groups in total. The van der Waals surface area contributed by atoms with Crippen LogP contribution in [0.4, 0.5) is 0 Å². The zero-order chi connectivity index (χ0) is 9.10. The van der Waals surface area contributed by atoms with Crippen molar-refractivity contribution in [1.29, 1.82) is 0 Å². The van der Waals surface area contributed by atoms with Crippen molar-refractivity contribution < 1.29 is 0 Å². The topological polar surface area (TPSA) is 15.8 Å². The summed E-state index contributed by atoms with van der Waals surface area (Å²) in [5.74, 6) is 0.962. The van der Waals surface area contributed by atoms with Gasteiger partial charge in [0.25, 0.3) is 0 Å². The molecule has 2 rings (SSSR count). The minimum absolute atomic E-state index is 0.962. The van der Waals surface area contributed by atoms with Crippen LogP contribution in [0.15, 0.2) is 30.5 Å². The van der Waals surface area contributed by atoms with Crippen molar-refractivity contribution in [3.63, 3.8) is 0 Å². The van der Waals surface area contributed by atoms with Crippen LogP contribution in [-0.4, -0.2) is 10.7 Å². The molecule has 1 nitrogen and oxygen atoms in total. The molecule has 0 fully saturated rings. The Hall–Kier alpha value is -0.600. The van der Waals surface area contributed by atoms with E-state index in [1.165, 1.54) is 27.4 Å². The molecule has 0 amide bonds. The Labute approximate surface area is 86.0 Å². The molecule has 0 spiro atoms. The van der Waals surface area contributed by atoms with E-state index in [4.69, 9.17) is 10.7 Å². The minimum Gasteiger partial charge on any atom is -0.361 e. The van der Waals surface area contributed by atoms with E-state index < -0.39 is 0 Å². The van der Waals surface area contributed by atoms with E-state index in [0.29, 0.717) is 0 Å². The summed E-state index contributed by atoms with van der Waals surface area (Å²) in [5, 5.41) is 1.31. The van der Waals surface area contributed by atoms with Gasteiger partial charge in [-0.3, -0.25) is 0 Å². The van der Waals surface area contributed by atoms with Gasteiger partial charge in [-0.05, 0) is 28.7 Å². The van der Waals surface area contributed by atoms with Crippen LogP contribution in [-0.2, 0) is 6.42 Å². The smallest absolute Gasteiger partial charge is 0.0456 e. The third-order valence-electron chi connectivity index (χ3n) is 2.12. The van der Waals surface area contributed by atoms with Gasteiger partial charge in [0.1, 0.15) is 0 Å². The maximum atomic E-state index is 5.58. The predicted octanol–water partition coefficient (Wildman–Crippen LogP) is 3.60. The predicted molar refractivity (Wildman–Crippen MR) is 60.3 cm³/mol. The maximum absolute atomic E-state index is 5.58. The zero-order valence-electron chi connectivity index (χ0n) is 7.09. The average Bonchev–Trinajstić information content (AvgIpc) is 2.58. The van der Waals surface area contributed by atoms with Crippen LogP contribution in [0, 0.1) is 0 Å². The Morgan fingerprint density at radius 2 is 2.15 bits per heavy atom. The number of aryl methyl sites for hydroxylation is 1. The number of fused-ring (bicyclic) bond motifs is 1. The summed E-state index contributed by atoms with van der Waals surface area (Å²) < 4.78 is 0. The molecule has 0 saturated carbocycles. The van der Waals surface area contributed by atoms with Gasteiger partial charge in [0.05, 0.1) is 0 Å². The van der Waals surface area contributed by atoms with E-state index in [2.05, 4.69) is 29.4 Å². The first-order chi connectivity index (χ1) is 6.42. The summed E-state index contributed by atoms with van der Waals surface area (Å²) in [6.07, 6.45) is 3.09. The second kappa shape index (κ2) is 4.07. The Morgan fingerprint density at radius 1 is 1.31 bits per heavy atom. The highest BCUT2D eigenvalue weighted by Gasteiger charge is 2.01. The van der Waals surface area contributed by atoms with Gasteiger partial charge in [-0.1, -0.05) is 29.2 Å². The minimum atomic E-state index is 0.962. The highest BCUT2D eigenvalue weighted by Crippen LogP contribution is 2.19. The highest BCUT2D eigenvalue weighted by atomic mass is 35.7. The molecule has 0 bridgehead atoms. The number of para-hydroxylation sites is 1. The Balaban J connectivity index is 2.35. The number of rotatable bonds is 3. The molecule has 13 heavy (non-hydrogen) atoms. The van der Waals surface area contributed by atoms with Crippen LogP contribution in [0.3, 0.4) is 0 Å². The van der Waals surface area contributed by atoms with Crippen molar-refractivity contribution in [3.05, 3.63) is 36.0 Å².